The molecule has 0 radical (unpaired) electrons. The standard InChI is InChI=1S/C10H14FNO2/c1-6(12)7-4-9(13-2)10(14-3)5-8(7)11/h4-6H,12H2,1-3H3. The highest BCUT2D eigenvalue weighted by Crippen LogP contribution is 2.31. The highest BCUT2D eigenvalue weighted by molar-refractivity contribution is 5.44. The van der Waals surface area contributed by atoms with Gasteiger partial charge in [0, 0.05) is 17.7 Å². The molecule has 0 aliphatic carbocycles. The van der Waals surface area contributed by atoms with Gasteiger partial charge in [-0.3, -0.25) is 0 Å². The Bertz CT molecular complexity index is 326. The maximum absolute atomic E-state index is 13.4. The largest absolute Gasteiger partial charge is 0.493 e. The van der Waals surface area contributed by atoms with Crippen LogP contribution >= 0.6 is 0 Å². The van der Waals surface area contributed by atoms with Gasteiger partial charge in [-0.25, -0.2) is 4.39 Å². The summed E-state index contributed by atoms with van der Waals surface area (Å²) in [7, 11) is 2.96. The van der Waals surface area contributed by atoms with E-state index in [1.54, 1.807) is 13.0 Å². The van der Waals surface area contributed by atoms with Gasteiger partial charge >= 0.3 is 0 Å². The van der Waals surface area contributed by atoms with Gasteiger partial charge in [-0.15, -0.1) is 0 Å². The van der Waals surface area contributed by atoms with E-state index in [4.69, 9.17) is 15.2 Å². The maximum Gasteiger partial charge on any atom is 0.163 e. The molecule has 1 rings (SSSR count). The Balaban J connectivity index is 3.23. The molecule has 78 valence electrons. The van der Waals surface area contributed by atoms with Crippen molar-refractivity contribution in [1.29, 1.82) is 0 Å². The lowest BCUT2D eigenvalue weighted by molar-refractivity contribution is 0.351. The van der Waals surface area contributed by atoms with E-state index in [1.807, 2.05) is 0 Å². The van der Waals surface area contributed by atoms with Crippen molar-refractivity contribution >= 4 is 0 Å². The lowest BCUT2D eigenvalue weighted by atomic mass is 10.1. The van der Waals surface area contributed by atoms with Gasteiger partial charge in [-0.05, 0) is 13.0 Å². The molecule has 0 saturated carbocycles. The summed E-state index contributed by atoms with van der Waals surface area (Å²) < 4.78 is 23.4. The molecule has 0 bridgehead atoms. The fraction of sp³-hybridized carbons (Fsp3) is 0.400. The normalized spacial score (nSPS) is 12.4. The molecule has 4 heteroatoms. The van der Waals surface area contributed by atoms with Crippen molar-refractivity contribution in [2.75, 3.05) is 14.2 Å². The van der Waals surface area contributed by atoms with Crippen LogP contribution in [0.25, 0.3) is 0 Å². The summed E-state index contributed by atoms with van der Waals surface area (Å²) in [5.74, 6) is 0.480. The summed E-state index contributed by atoms with van der Waals surface area (Å²) in [6.07, 6.45) is 0. The minimum atomic E-state index is -0.377. The Labute approximate surface area is 82.6 Å². The lowest BCUT2D eigenvalue weighted by Gasteiger charge is -2.12. The van der Waals surface area contributed by atoms with Gasteiger partial charge in [0.1, 0.15) is 5.82 Å². The third-order valence-corrected chi connectivity index (χ3v) is 1.99. The molecule has 0 heterocycles. The second-order valence-electron chi connectivity index (χ2n) is 3.02. The van der Waals surface area contributed by atoms with Crippen molar-refractivity contribution in [1.82, 2.24) is 0 Å². The molecule has 1 atom stereocenters. The predicted octanol–water partition coefficient (Wildman–Crippen LogP) is 1.86. The first-order valence-electron chi connectivity index (χ1n) is 4.27. The number of rotatable bonds is 3. The van der Waals surface area contributed by atoms with Crippen LogP contribution < -0.4 is 15.2 Å². The topological polar surface area (TPSA) is 44.5 Å². The Kier molecular flexibility index (Phi) is 3.30. The molecule has 0 aliphatic heterocycles. The van der Waals surface area contributed by atoms with Gasteiger partial charge < -0.3 is 15.2 Å². The zero-order valence-electron chi connectivity index (χ0n) is 8.50. The van der Waals surface area contributed by atoms with E-state index in [2.05, 4.69) is 0 Å². The summed E-state index contributed by atoms with van der Waals surface area (Å²) in [5.41, 5.74) is 6.01. The van der Waals surface area contributed by atoms with Crippen molar-refractivity contribution in [2.45, 2.75) is 13.0 Å². The first-order chi connectivity index (χ1) is 6.60. The Morgan fingerprint density at radius 1 is 1.21 bits per heavy atom. The molecule has 0 fully saturated rings. The minimum absolute atomic E-state index is 0.366. The molecule has 0 spiro atoms. The predicted molar refractivity (Wildman–Crippen MR) is 52.1 cm³/mol. The first kappa shape index (κ1) is 10.8. The number of hydrogen-bond acceptors (Lipinski definition) is 3. The number of methoxy groups -OCH3 is 2. The van der Waals surface area contributed by atoms with E-state index in [0.717, 1.165) is 0 Å². The summed E-state index contributed by atoms with van der Waals surface area (Å²) in [4.78, 5) is 0. The highest BCUT2D eigenvalue weighted by Gasteiger charge is 2.13. The highest BCUT2D eigenvalue weighted by atomic mass is 19.1. The van der Waals surface area contributed by atoms with E-state index in [-0.39, 0.29) is 11.9 Å². The van der Waals surface area contributed by atoms with Crippen molar-refractivity contribution < 1.29 is 13.9 Å². The van der Waals surface area contributed by atoms with Crippen LogP contribution in [0.2, 0.25) is 0 Å². The minimum Gasteiger partial charge on any atom is -0.493 e. The van der Waals surface area contributed by atoms with Crippen LogP contribution in [0.4, 0.5) is 4.39 Å². The molecule has 0 amide bonds. The number of benzene rings is 1. The summed E-state index contributed by atoms with van der Waals surface area (Å²) in [5, 5.41) is 0. The number of halogens is 1. The van der Waals surface area contributed by atoms with Crippen LogP contribution in [0.3, 0.4) is 0 Å². The van der Waals surface area contributed by atoms with Gasteiger partial charge in [-0.2, -0.15) is 0 Å². The molecule has 0 aromatic heterocycles. The fourth-order valence-corrected chi connectivity index (χ4v) is 1.22. The van der Waals surface area contributed by atoms with Crippen LogP contribution in [-0.2, 0) is 0 Å². The Morgan fingerprint density at radius 3 is 2.14 bits per heavy atom. The summed E-state index contributed by atoms with van der Waals surface area (Å²) >= 11 is 0. The molecule has 2 N–H and O–H groups in total. The van der Waals surface area contributed by atoms with E-state index in [9.17, 15) is 4.39 Å². The Hall–Kier alpha value is -1.29. The third kappa shape index (κ3) is 1.96. The molecular formula is C10H14FNO2. The molecule has 0 aliphatic rings. The van der Waals surface area contributed by atoms with E-state index >= 15 is 0 Å². The molecule has 1 aromatic rings. The summed E-state index contributed by atoms with van der Waals surface area (Å²) in [6.45, 7) is 1.71. The van der Waals surface area contributed by atoms with Gasteiger partial charge in [-0.1, -0.05) is 0 Å². The molecule has 14 heavy (non-hydrogen) atoms. The van der Waals surface area contributed by atoms with E-state index in [1.165, 1.54) is 20.3 Å². The monoisotopic (exact) mass is 199 g/mol. The van der Waals surface area contributed by atoms with Crippen LogP contribution in [0, 0.1) is 5.82 Å². The number of nitrogens with two attached hydrogens (primary N) is 1. The average Bonchev–Trinajstić information content (AvgIpc) is 2.16. The fourth-order valence-electron chi connectivity index (χ4n) is 1.22. The smallest absolute Gasteiger partial charge is 0.163 e. The first-order valence-corrected chi connectivity index (χ1v) is 4.27. The van der Waals surface area contributed by atoms with Gasteiger partial charge in [0.15, 0.2) is 11.5 Å². The lowest BCUT2D eigenvalue weighted by Crippen LogP contribution is -2.08. The van der Waals surface area contributed by atoms with Crippen molar-refractivity contribution in [3.8, 4) is 11.5 Å². The van der Waals surface area contributed by atoms with Crippen LogP contribution in [0.15, 0.2) is 12.1 Å². The average molecular weight is 199 g/mol. The number of ether oxygens (including phenoxy) is 2. The van der Waals surface area contributed by atoms with Crippen LogP contribution in [0.1, 0.15) is 18.5 Å². The van der Waals surface area contributed by atoms with Crippen molar-refractivity contribution in [2.24, 2.45) is 5.73 Å². The van der Waals surface area contributed by atoms with E-state index < -0.39 is 0 Å². The zero-order chi connectivity index (χ0) is 10.7. The Morgan fingerprint density at radius 2 is 1.71 bits per heavy atom. The van der Waals surface area contributed by atoms with Gasteiger partial charge in [0.25, 0.3) is 0 Å². The number of hydrogen-bond donors (Lipinski definition) is 1. The van der Waals surface area contributed by atoms with E-state index in [0.29, 0.717) is 17.1 Å². The van der Waals surface area contributed by atoms with Crippen LogP contribution in [-0.4, -0.2) is 14.2 Å². The second-order valence-corrected chi connectivity index (χ2v) is 3.02. The van der Waals surface area contributed by atoms with Crippen molar-refractivity contribution in [3.63, 3.8) is 0 Å². The second kappa shape index (κ2) is 4.28. The molecule has 1 aromatic carbocycles. The van der Waals surface area contributed by atoms with Crippen LogP contribution in [0.5, 0.6) is 11.5 Å². The molecule has 0 saturated heterocycles. The molecule has 1 unspecified atom stereocenters. The third-order valence-electron chi connectivity index (χ3n) is 1.99. The molecular weight excluding hydrogens is 185 g/mol. The van der Waals surface area contributed by atoms with Gasteiger partial charge in [0.2, 0.25) is 0 Å². The molecule has 3 nitrogen and oxygen atoms in total. The zero-order valence-corrected chi connectivity index (χ0v) is 8.50. The SMILES string of the molecule is COc1cc(F)c(C(C)N)cc1OC. The van der Waals surface area contributed by atoms with Gasteiger partial charge in [0.05, 0.1) is 14.2 Å². The summed E-state index contributed by atoms with van der Waals surface area (Å²) in [6, 6.07) is 2.46. The quantitative estimate of drug-likeness (QED) is 0.808. The van der Waals surface area contributed by atoms with Crippen molar-refractivity contribution in [3.05, 3.63) is 23.5 Å². The maximum atomic E-state index is 13.4.